The molecule has 4 aromatic rings. The van der Waals surface area contributed by atoms with E-state index in [0.29, 0.717) is 36.2 Å². The van der Waals surface area contributed by atoms with Crippen LogP contribution in [0.2, 0.25) is 0 Å². The number of hydrogen-bond donors (Lipinski definition) is 1. The van der Waals surface area contributed by atoms with Crippen molar-refractivity contribution in [2.24, 2.45) is 4.99 Å². The lowest BCUT2D eigenvalue weighted by Gasteiger charge is -2.25. The quantitative estimate of drug-likeness (QED) is 0.311. The Bertz CT molecular complexity index is 1410. The van der Waals surface area contributed by atoms with Gasteiger partial charge in [0.15, 0.2) is 5.78 Å². The third kappa shape index (κ3) is 4.87. The summed E-state index contributed by atoms with van der Waals surface area (Å²) >= 11 is 0. The van der Waals surface area contributed by atoms with Crippen LogP contribution in [0.3, 0.4) is 0 Å². The minimum absolute atomic E-state index is 0.0350. The molecule has 4 aromatic carbocycles. The van der Waals surface area contributed by atoms with Crippen LogP contribution in [-0.2, 0) is 11.2 Å². The van der Waals surface area contributed by atoms with E-state index >= 15 is 0 Å². The molecule has 0 radical (unpaired) electrons. The van der Waals surface area contributed by atoms with Gasteiger partial charge in [0.05, 0.1) is 24.1 Å². The van der Waals surface area contributed by atoms with E-state index < -0.39 is 0 Å². The highest BCUT2D eigenvalue weighted by Crippen LogP contribution is 2.35. The summed E-state index contributed by atoms with van der Waals surface area (Å²) in [5, 5.41) is 13.4. The summed E-state index contributed by atoms with van der Waals surface area (Å²) in [5.41, 5.74) is 3.77. The first-order valence-electron chi connectivity index (χ1n) is 11.8. The van der Waals surface area contributed by atoms with Gasteiger partial charge in [-0.05, 0) is 52.1 Å². The molecule has 5 rings (SSSR count). The fraction of sp³-hybridized carbons (Fsp3) is 0.161. The highest BCUT2D eigenvalue weighted by Gasteiger charge is 2.31. The molecule has 1 N–H and O–H groups in total. The lowest BCUT2D eigenvalue weighted by molar-refractivity contribution is -0.116. The number of rotatable bonds is 6. The molecule has 0 saturated carbocycles. The molecule has 35 heavy (non-hydrogen) atoms. The molecule has 1 atom stereocenters. The second kappa shape index (κ2) is 9.98. The monoisotopic (exact) mass is 461 g/mol. The molecule has 1 unspecified atom stereocenters. The van der Waals surface area contributed by atoms with Crippen molar-refractivity contribution in [2.75, 3.05) is 7.11 Å². The average Bonchev–Trinajstić information content (AvgIpc) is 2.89. The first-order valence-corrected chi connectivity index (χ1v) is 11.8. The van der Waals surface area contributed by atoms with Gasteiger partial charge >= 0.3 is 0 Å². The molecule has 0 spiro atoms. The minimum Gasteiger partial charge on any atom is -0.511 e. The van der Waals surface area contributed by atoms with Crippen LogP contribution in [0.25, 0.3) is 10.8 Å². The second-order valence-corrected chi connectivity index (χ2v) is 8.83. The number of aliphatic hydroxyl groups excluding tert-OH is 1. The average molecular weight is 462 g/mol. The molecule has 4 nitrogen and oxygen atoms in total. The van der Waals surface area contributed by atoms with Gasteiger partial charge in [0.1, 0.15) is 11.5 Å². The molecule has 1 aliphatic carbocycles. The van der Waals surface area contributed by atoms with Crippen LogP contribution >= 0.6 is 0 Å². The van der Waals surface area contributed by atoms with Crippen molar-refractivity contribution >= 4 is 28.0 Å². The molecular formula is C31H27NO3. The number of nitrogens with zero attached hydrogens (tertiary/aromatic N) is 1. The number of ketones is 1. The number of benzene rings is 4. The summed E-state index contributed by atoms with van der Waals surface area (Å²) in [6, 6.07) is 31.7. The maximum absolute atomic E-state index is 13.5. The third-order valence-corrected chi connectivity index (χ3v) is 6.57. The minimum atomic E-state index is -0.0740. The summed E-state index contributed by atoms with van der Waals surface area (Å²) in [6.07, 6.45) is 1.21. The van der Waals surface area contributed by atoms with E-state index in [1.54, 1.807) is 7.11 Å². The smallest absolute Gasteiger partial charge is 0.168 e. The first-order chi connectivity index (χ1) is 17.1. The zero-order valence-corrected chi connectivity index (χ0v) is 19.6. The highest BCUT2D eigenvalue weighted by atomic mass is 16.5. The predicted molar refractivity (Wildman–Crippen MR) is 141 cm³/mol. The van der Waals surface area contributed by atoms with Gasteiger partial charge < -0.3 is 9.84 Å². The molecule has 1 aliphatic rings. The normalized spacial score (nSPS) is 16.5. The fourth-order valence-corrected chi connectivity index (χ4v) is 4.81. The van der Waals surface area contributed by atoms with Crippen LogP contribution in [0.5, 0.6) is 5.75 Å². The Morgan fingerprint density at radius 3 is 2.34 bits per heavy atom. The largest absolute Gasteiger partial charge is 0.511 e. The molecule has 4 heteroatoms. The van der Waals surface area contributed by atoms with Crippen LogP contribution in [0, 0.1) is 0 Å². The Hall–Kier alpha value is -4.18. The molecule has 174 valence electrons. The van der Waals surface area contributed by atoms with Crippen molar-refractivity contribution in [3.63, 3.8) is 0 Å². The summed E-state index contributed by atoms with van der Waals surface area (Å²) in [6.45, 7) is 0. The Morgan fingerprint density at radius 1 is 0.886 bits per heavy atom. The lowest BCUT2D eigenvalue weighted by atomic mass is 9.80. The van der Waals surface area contributed by atoms with Gasteiger partial charge in [0.25, 0.3) is 0 Å². The number of carbonyl (C=O) groups is 1. The number of Topliss-reactive ketones (excluding diaryl/α,β-unsaturated/α-hetero) is 1. The Labute approximate surface area is 205 Å². The van der Waals surface area contributed by atoms with Crippen LogP contribution in [-0.4, -0.2) is 23.7 Å². The topological polar surface area (TPSA) is 58.9 Å². The summed E-state index contributed by atoms with van der Waals surface area (Å²) in [7, 11) is 1.62. The van der Waals surface area contributed by atoms with Crippen LogP contribution in [0.1, 0.15) is 29.9 Å². The molecule has 0 saturated heterocycles. The van der Waals surface area contributed by atoms with Gasteiger partial charge in [0.2, 0.25) is 0 Å². The molecule has 0 bridgehead atoms. The van der Waals surface area contributed by atoms with Crippen LogP contribution in [0.4, 0.5) is 5.69 Å². The maximum atomic E-state index is 13.5. The van der Waals surface area contributed by atoms with Crippen molar-refractivity contribution in [1.29, 1.82) is 0 Å². The van der Waals surface area contributed by atoms with E-state index in [1.807, 2.05) is 72.8 Å². The molecular weight excluding hydrogens is 434 g/mol. The number of allylic oxidation sites excluding steroid dienone is 2. The van der Waals surface area contributed by atoms with E-state index in [4.69, 9.17) is 9.73 Å². The fourth-order valence-electron chi connectivity index (χ4n) is 4.81. The lowest BCUT2D eigenvalue weighted by Crippen LogP contribution is -2.25. The van der Waals surface area contributed by atoms with Gasteiger partial charge in [-0.2, -0.15) is 0 Å². The van der Waals surface area contributed by atoms with E-state index in [9.17, 15) is 9.90 Å². The molecule has 0 aromatic heterocycles. The number of carbonyl (C=O) groups excluding carboxylic acids is 1. The van der Waals surface area contributed by atoms with Crippen LogP contribution < -0.4 is 4.74 Å². The first kappa shape index (κ1) is 22.6. The van der Waals surface area contributed by atoms with E-state index in [-0.39, 0.29) is 17.5 Å². The standard InChI is InChI=1S/C31H27NO3/c1-35-26-16-14-25(15-17-26)32-28(18-23-12-7-11-22-10-5-6-13-27(22)23)31-29(33)19-24(20-30(31)34)21-8-3-2-4-9-21/h2-17,24,33H,18-20H2,1H3. The number of hydrogen-bond acceptors (Lipinski definition) is 4. The van der Waals surface area contributed by atoms with Crippen molar-refractivity contribution in [1.82, 2.24) is 0 Å². The number of fused-ring (bicyclic) bond motifs is 1. The zero-order valence-electron chi connectivity index (χ0n) is 19.6. The number of methoxy groups -OCH3 is 1. The van der Waals surface area contributed by atoms with Crippen molar-refractivity contribution in [2.45, 2.75) is 25.2 Å². The van der Waals surface area contributed by atoms with E-state index in [0.717, 1.165) is 27.6 Å². The van der Waals surface area contributed by atoms with Gasteiger partial charge in [0, 0.05) is 19.3 Å². The van der Waals surface area contributed by atoms with Gasteiger partial charge in [-0.1, -0.05) is 72.8 Å². The van der Waals surface area contributed by atoms with Crippen molar-refractivity contribution in [3.8, 4) is 5.75 Å². The summed E-state index contributed by atoms with van der Waals surface area (Å²) in [5.74, 6) is 0.742. The Kier molecular flexibility index (Phi) is 6.44. The third-order valence-electron chi connectivity index (χ3n) is 6.57. The van der Waals surface area contributed by atoms with Gasteiger partial charge in [-0.25, -0.2) is 0 Å². The molecule has 0 fully saturated rings. The Morgan fingerprint density at radius 2 is 1.60 bits per heavy atom. The maximum Gasteiger partial charge on any atom is 0.168 e. The summed E-state index contributed by atoms with van der Waals surface area (Å²) < 4.78 is 5.27. The summed E-state index contributed by atoms with van der Waals surface area (Å²) in [4.78, 5) is 18.3. The zero-order chi connectivity index (χ0) is 24.2. The molecule has 0 heterocycles. The van der Waals surface area contributed by atoms with E-state index in [1.165, 1.54) is 0 Å². The van der Waals surface area contributed by atoms with Crippen LogP contribution in [0.15, 0.2) is 113 Å². The SMILES string of the molecule is COc1ccc(N=C(Cc2cccc3ccccc23)C2=C(O)CC(c3ccccc3)CC2=O)cc1. The van der Waals surface area contributed by atoms with Gasteiger partial charge in [-0.3, -0.25) is 9.79 Å². The number of aliphatic imine (C=N–C) groups is 1. The second-order valence-electron chi connectivity index (χ2n) is 8.83. The molecule has 0 aliphatic heterocycles. The van der Waals surface area contributed by atoms with Crippen molar-refractivity contribution < 1.29 is 14.6 Å². The van der Waals surface area contributed by atoms with E-state index in [2.05, 4.69) is 24.3 Å². The predicted octanol–water partition coefficient (Wildman–Crippen LogP) is 7.12. The number of aliphatic hydroxyl groups is 1. The Balaban J connectivity index is 1.57. The highest BCUT2D eigenvalue weighted by molar-refractivity contribution is 6.24. The number of ether oxygens (including phenoxy) is 1. The van der Waals surface area contributed by atoms with Gasteiger partial charge in [-0.15, -0.1) is 0 Å². The molecule has 0 amide bonds. The van der Waals surface area contributed by atoms with Crippen molar-refractivity contribution in [3.05, 3.63) is 120 Å².